The van der Waals surface area contributed by atoms with Crippen LogP contribution in [-0.2, 0) is 11.3 Å². The molecule has 1 unspecified atom stereocenters. The van der Waals surface area contributed by atoms with Crippen molar-refractivity contribution >= 4 is 39.0 Å². The highest BCUT2D eigenvalue weighted by Gasteiger charge is 2.28. The van der Waals surface area contributed by atoms with Gasteiger partial charge in [-0.05, 0) is 25.5 Å². The van der Waals surface area contributed by atoms with Gasteiger partial charge in [0.25, 0.3) is 0 Å². The number of carbonyl (C=O) groups is 1. The van der Waals surface area contributed by atoms with Crippen molar-refractivity contribution in [2.45, 2.75) is 38.3 Å². The first-order valence-electron chi connectivity index (χ1n) is 7.29. The highest BCUT2D eigenvalue weighted by Crippen LogP contribution is 2.36. The summed E-state index contributed by atoms with van der Waals surface area (Å²) >= 11 is 8.15. The molecule has 1 saturated heterocycles. The van der Waals surface area contributed by atoms with Crippen molar-refractivity contribution in [3.05, 3.63) is 34.2 Å². The molecule has 21 heavy (non-hydrogen) atoms. The van der Waals surface area contributed by atoms with Crippen LogP contribution in [0.5, 0.6) is 0 Å². The van der Waals surface area contributed by atoms with Gasteiger partial charge in [0.2, 0.25) is 0 Å². The van der Waals surface area contributed by atoms with Crippen molar-refractivity contribution in [2.75, 3.05) is 6.54 Å². The molecule has 1 atom stereocenters. The van der Waals surface area contributed by atoms with E-state index in [9.17, 15) is 9.90 Å². The van der Waals surface area contributed by atoms with Crippen molar-refractivity contribution in [1.82, 2.24) is 4.90 Å². The van der Waals surface area contributed by atoms with Crippen LogP contribution in [0.3, 0.4) is 0 Å². The first-order valence-corrected chi connectivity index (χ1v) is 8.49. The Morgan fingerprint density at radius 3 is 2.90 bits per heavy atom. The van der Waals surface area contributed by atoms with Crippen LogP contribution < -0.4 is 0 Å². The molecular weight excluding hydrogens is 306 g/mol. The molecule has 5 heteroatoms. The topological polar surface area (TPSA) is 40.5 Å². The minimum absolute atomic E-state index is 0.381. The molecule has 1 aromatic heterocycles. The van der Waals surface area contributed by atoms with Crippen molar-refractivity contribution in [3.8, 4) is 0 Å². The van der Waals surface area contributed by atoms with Crippen LogP contribution in [0.15, 0.2) is 24.3 Å². The molecule has 2 heterocycles. The van der Waals surface area contributed by atoms with Crippen LogP contribution in [0, 0.1) is 0 Å². The molecule has 0 amide bonds. The fourth-order valence-electron chi connectivity index (χ4n) is 2.99. The molecule has 2 aromatic rings. The number of hydrogen-bond acceptors (Lipinski definition) is 3. The van der Waals surface area contributed by atoms with Gasteiger partial charge in [-0.15, -0.1) is 11.3 Å². The number of fused-ring (bicyclic) bond motifs is 1. The molecule has 1 fully saturated rings. The lowest BCUT2D eigenvalue weighted by atomic mass is 10.1. The molecule has 1 aromatic carbocycles. The first kappa shape index (κ1) is 14.8. The van der Waals surface area contributed by atoms with Crippen LogP contribution in [-0.4, -0.2) is 28.6 Å². The van der Waals surface area contributed by atoms with Crippen LogP contribution in [0.25, 0.3) is 10.1 Å². The summed E-state index contributed by atoms with van der Waals surface area (Å²) in [6, 6.07) is 7.69. The number of nitrogens with zero attached hydrogens (tertiary/aromatic N) is 1. The van der Waals surface area contributed by atoms with Crippen molar-refractivity contribution < 1.29 is 9.90 Å². The van der Waals surface area contributed by atoms with Gasteiger partial charge in [0.15, 0.2) is 0 Å². The normalized spacial score (nSPS) is 20.5. The molecule has 0 saturated carbocycles. The summed E-state index contributed by atoms with van der Waals surface area (Å²) in [6.45, 7) is 1.47. The Bertz CT molecular complexity index is 655. The number of carboxylic acids is 1. The van der Waals surface area contributed by atoms with E-state index in [0.29, 0.717) is 6.54 Å². The maximum atomic E-state index is 11.5. The minimum atomic E-state index is -0.714. The Kier molecular flexibility index (Phi) is 4.48. The number of likely N-dealkylation sites (tertiary alicyclic amines) is 1. The zero-order valence-electron chi connectivity index (χ0n) is 11.7. The van der Waals surface area contributed by atoms with E-state index in [1.807, 2.05) is 18.2 Å². The second-order valence-electron chi connectivity index (χ2n) is 5.51. The highest BCUT2D eigenvalue weighted by molar-refractivity contribution is 7.19. The van der Waals surface area contributed by atoms with Crippen LogP contribution in [0.4, 0.5) is 0 Å². The van der Waals surface area contributed by atoms with Gasteiger partial charge in [0.05, 0.1) is 5.02 Å². The van der Waals surface area contributed by atoms with E-state index in [4.69, 9.17) is 11.6 Å². The first-order chi connectivity index (χ1) is 10.2. The monoisotopic (exact) mass is 323 g/mol. The van der Waals surface area contributed by atoms with Gasteiger partial charge in [-0.3, -0.25) is 9.69 Å². The Morgan fingerprint density at radius 1 is 1.33 bits per heavy atom. The summed E-state index contributed by atoms with van der Waals surface area (Å²) in [5, 5.41) is 11.3. The van der Waals surface area contributed by atoms with Gasteiger partial charge >= 0.3 is 5.97 Å². The quantitative estimate of drug-likeness (QED) is 0.911. The van der Waals surface area contributed by atoms with E-state index in [1.165, 1.54) is 4.70 Å². The average Bonchev–Trinajstić information content (AvgIpc) is 2.65. The largest absolute Gasteiger partial charge is 0.480 e. The van der Waals surface area contributed by atoms with E-state index in [1.54, 1.807) is 11.3 Å². The van der Waals surface area contributed by atoms with Crippen molar-refractivity contribution in [1.29, 1.82) is 0 Å². The lowest BCUT2D eigenvalue weighted by molar-refractivity contribution is -0.143. The summed E-state index contributed by atoms with van der Waals surface area (Å²) in [5.41, 5.74) is 0. The molecule has 0 spiro atoms. The molecule has 1 aliphatic rings. The number of benzene rings is 1. The average molecular weight is 324 g/mol. The number of halogens is 1. The SMILES string of the molecule is O=C(O)C1CCCCCN1Cc1sc2ccccc2c1Cl. The van der Waals surface area contributed by atoms with Crippen molar-refractivity contribution in [3.63, 3.8) is 0 Å². The Balaban J connectivity index is 1.88. The maximum Gasteiger partial charge on any atom is 0.320 e. The smallest absolute Gasteiger partial charge is 0.320 e. The third-order valence-electron chi connectivity index (χ3n) is 4.10. The Morgan fingerprint density at radius 2 is 2.14 bits per heavy atom. The minimum Gasteiger partial charge on any atom is -0.480 e. The number of carboxylic acid groups (broad SMARTS) is 1. The molecule has 112 valence electrons. The summed E-state index contributed by atoms with van der Waals surface area (Å²) in [6.07, 6.45) is 3.90. The Hall–Kier alpha value is -1.10. The summed E-state index contributed by atoms with van der Waals surface area (Å²) in [7, 11) is 0. The molecule has 0 radical (unpaired) electrons. The maximum absolute atomic E-state index is 11.5. The summed E-state index contributed by atoms with van der Waals surface area (Å²) < 4.78 is 1.17. The van der Waals surface area contributed by atoms with Gasteiger partial charge in [-0.1, -0.05) is 42.6 Å². The van der Waals surface area contributed by atoms with E-state index < -0.39 is 5.97 Å². The van der Waals surface area contributed by atoms with Crippen molar-refractivity contribution in [2.24, 2.45) is 0 Å². The zero-order chi connectivity index (χ0) is 14.8. The predicted octanol–water partition coefficient (Wildman–Crippen LogP) is 4.38. The van der Waals surface area contributed by atoms with E-state index in [-0.39, 0.29) is 6.04 Å². The molecule has 0 bridgehead atoms. The predicted molar refractivity (Wildman–Crippen MR) is 87.1 cm³/mol. The number of thiophene rings is 1. The van der Waals surface area contributed by atoms with E-state index >= 15 is 0 Å². The fraction of sp³-hybridized carbons (Fsp3) is 0.438. The van der Waals surface area contributed by atoms with Crippen LogP contribution in [0.1, 0.15) is 30.6 Å². The lowest BCUT2D eigenvalue weighted by Gasteiger charge is -2.26. The third-order valence-corrected chi connectivity index (χ3v) is 5.80. The standard InChI is InChI=1S/C16H18ClNO2S/c17-15-11-6-3-4-8-13(11)21-14(15)10-18-9-5-1-2-7-12(18)16(19)20/h3-4,6,8,12H,1-2,5,7,9-10H2,(H,19,20). The lowest BCUT2D eigenvalue weighted by Crippen LogP contribution is -2.40. The van der Waals surface area contributed by atoms with Gasteiger partial charge in [0, 0.05) is 21.5 Å². The number of rotatable bonds is 3. The number of hydrogen-bond donors (Lipinski definition) is 1. The highest BCUT2D eigenvalue weighted by atomic mass is 35.5. The zero-order valence-corrected chi connectivity index (χ0v) is 13.3. The van der Waals surface area contributed by atoms with Crippen LogP contribution in [0.2, 0.25) is 5.02 Å². The second-order valence-corrected chi connectivity index (χ2v) is 7.02. The summed E-state index contributed by atoms with van der Waals surface area (Å²) in [4.78, 5) is 14.6. The molecule has 1 aliphatic heterocycles. The molecule has 3 rings (SSSR count). The molecule has 3 nitrogen and oxygen atoms in total. The number of aliphatic carboxylic acids is 1. The second kappa shape index (κ2) is 6.34. The molecular formula is C16H18ClNO2S. The van der Waals surface area contributed by atoms with E-state index in [2.05, 4.69) is 11.0 Å². The van der Waals surface area contributed by atoms with Crippen LogP contribution >= 0.6 is 22.9 Å². The fourth-order valence-corrected chi connectivity index (χ4v) is 4.51. The van der Waals surface area contributed by atoms with Gasteiger partial charge < -0.3 is 5.11 Å². The molecule has 0 aliphatic carbocycles. The molecule has 1 N–H and O–H groups in total. The van der Waals surface area contributed by atoms with Gasteiger partial charge in [-0.2, -0.15) is 0 Å². The van der Waals surface area contributed by atoms with Gasteiger partial charge in [-0.25, -0.2) is 0 Å². The third kappa shape index (κ3) is 3.07. The summed E-state index contributed by atoms with van der Waals surface area (Å²) in [5.74, 6) is -0.714. The van der Waals surface area contributed by atoms with E-state index in [0.717, 1.165) is 47.5 Å². The van der Waals surface area contributed by atoms with Gasteiger partial charge in [0.1, 0.15) is 6.04 Å². The Labute approximate surface area is 133 Å².